The van der Waals surface area contributed by atoms with Crippen LogP contribution >= 0.6 is 0 Å². The summed E-state index contributed by atoms with van der Waals surface area (Å²) >= 11 is 0. The summed E-state index contributed by atoms with van der Waals surface area (Å²) in [5.41, 5.74) is 1.38. The van der Waals surface area contributed by atoms with E-state index in [1.54, 1.807) is 43.4 Å². The SMILES string of the molecule is C#Cc1cccc(NC(=O)CN(C)C(=O)c2cccc(S(=O)(=O)N(C)C3CCCCC3)c2)c1. The van der Waals surface area contributed by atoms with Crippen molar-refractivity contribution in [1.82, 2.24) is 9.21 Å². The number of nitrogens with one attached hydrogen (secondary N) is 1. The number of carbonyl (C=O) groups excluding carboxylic acids is 2. The standard InChI is InChI=1S/C25H29N3O4S/c1-4-19-10-8-12-21(16-19)26-24(29)18-27(2)25(30)20-11-9-15-23(17-20)33(31,32)28(3)22-13-6-5-7-14-22/h1,8-12,15-17,22H,5-7,13-14,18H2,2-3H3,(H,26,29). The summed E-state index contributed by atoms with van der Waals surface area (Å²) in [7, 11) is -0.626. The zero-order valence-corrected chi connectivity index (χ0v) is 19.8. The van der Waals surface area contributed by atoms with E-state index in [0.29, 0.717) is 11.3 Å². The molecule has 0 atom stereocenters. The maximum absolute atomic E-state index is 13.1. The molecule has 0 spiro atoms. The first-order valence-electron chi connectivity index (χ1n) is 10.9. The molecule has 8 heteroatoms. The molecule has 2 amide bonds. The Bertz CT molecular complexity index is 1160. The Kier molecular flexibility index (Phi) is 7.90. The second kappa shape index (κ2) is 10.6. The van der Waals surface area contributed by atoms with Crippen LogP contribution in [-0.4, -0.2) is 56.1 Å². The molecule has 0 heterocycles. The van der Waals surface area contributed by atoms with Crippen LogP contribution in [0.25, 0.3) is 0 Å². The highest BCUT2D eigenvalue weighted by Crippen LogP contribution is 2.27. The minimum Gasteiger partial charge on any atom is -0.332 e. The van der Waals surface area contributed by atoms with E-state index in [9.17, 15) is 18.0 Å². The van der Waals surface area contributed by atoms with Gasteiger partial charge in [0.2, 0.25) is 15.9 Å². The fourth-order valence-corrected chi connectivity index (χ4v) is 5.45. The number of rotatable bonds is 7. The average molecular weight is 468 g/mol. The number of hydrogen-bond donors (Lipinski definition) is 1. The molecule has 1 fully saturated rings. The van der Waals surface area contributed by atoms with Crippen LogP contribution in [0.2, 0.25) is 0 Å². The minimum absolute atomic E-state index is 0.0255. The summed E-state index contributed by atoms with van der Waals surface area (Å²) in [6, 6.07) is 12.8. The van der Waals surface area contributed by atoms with Crippen molar-refractivity contribution in [2.45, 2.75) is 43.0 Å². The molecule has 0 aromatic heterocycles. The van der Waals surface area contributed by atoms with Crippen LogP contribution in [-0.2, 0) is 14.8 Å². The van der Waals surface area contributed by atoms with Gasteiger partial charge in [0, 0.05) is 37.0 Å². The summed E-state index contributed by atoms with van der Waals surface area (Å²) in [5.74, 6) is 1.67. The minimum atomic E-state index is -3.72. The second-order valence-electron chi connectivity index (χ2n) is 8.28. The summed E-state index contributed by atoms with van der Waals surface area (Å²) < 4.78 is 27.7. The van der Waals surface area contributed by atoms with Gasteiger partial charge in [0.1, 0.15) is 0 Å². The number of nitrogens with zero attached hydrogens (tertiary/aromatic N) is 2. The average Bonchev–Trinajstić information content (AvgIpc) is 2.83. The van der Waals surface area contributed by atoms with Crippen molar-refractivity contribution >= 4 is 27.5 Å². The van der Waals surface area contributed by atoms with Crippen molar-refractivity contribution in [3.8, 4) is 12.3 Å². The predicted octanol–water partition coefficient (Wildman–Crippen LogP) is 3.33. The number of sulfonamides is 1. The van der Waals surface area contributed by atoms with Crippen LogP contribution in [0, 0.1) is 12.3 Å². The molecule has 2 aromatic carbocycles. The van der Waals surface area contributed by atoms with Crippen LogP contribution in [0.1, 0.15) is 48.0 Å². The van der Waals surface area contributed by atoms with Crippen LogP contribution < -0.4 is 5.32 Å². The smallest absolute Gasteiger partial charge is 0.254 e. The molecule has 2 aromatic rings. The Balaban J connectivity index is 1.69. The number of anilines is 1. The van der Waals surface area contributed by atoms with Gasteiger partial charge < -0.3 is 10.2 Å². The first-order chi connectivity index (χ1) is 15.7. The van der Waals surface area contributed by atoms with Crippen molar-refractivity contribution in [3.05, 3.63) is 59.7 Å². The van der Waals surface area contributed by atoms with Crippen molar-refractivity contribution in [2.75, 3.05) is 26.0 Å². The topological polar surface area (TPSA) is 86.8 Å². The van der Waals surface area contributed by atoms with Gasteiger partial charge in [-0.3, -0.25) is 9.59 Å². The zero-order chi connectivity index (χ0) is 24.0. The molecule has 3 rings (SSSR count). The third-order valence-electron chi connectivity index (χ3n) is 5.89. The van der Waals surface area contributed by atoms with Crippen LogP contribution in [0.15, 0.2) is 53.4 Å². The van der Waals surface area contributed by atoms with Gasteiger partial charge in [-0.25, -0.2) is 8.42 Å². The molecule has 1 N–H and O–H groups in total. The summed E-state index contributed by atoms with van der Waals surface area (Å²) in [6.45, 7) is -0.196. The number of amides is 2. The van der Waals surface area contributed by atoms with Crippen LogP contribution in [0.3, 0.4) is 0 Å². The number of benzene rings is 2. The third kappa shape index (κ3) is 6.01. The van der Waals surface area contributed by atoms with E-state index in [2.05, 4.69) is 11.2 Å². The zero-order valence-electron chi connectivity index (χ0n) is 19.0. The number of hydrogen-bond acceptors (Lipinski definition) is 4. The molecule has 0 radical (unpaired) electrons. The van der Waals surface area contributed by atoms with Gasteiger partial charge in [-0.1, -0.05) is 37.3 Å². The van der Waals surface area contributed by atoms with Crippen molar-refractivity contribution in [2.24, 2.45) is 0 Å². The second-order valence-corrected chi connectivity index (χ2v) is 10.3. The summed E-state index contributed by atoms with van der Waals surface area (Å²) in [5, 5.41) is 2.71. The summed E-state index contributed by atoms with van der Waals surface area (Å²) in [6.07, 6.45) is 10.2. The Morgan fingerprint density at radius 1 is 1.06 bits per heavy atom. The molecule has 7 nitrogen and oxygen atoms in total. The first-order valence-corrected chi connectivity index (χ1v) is 12.4. The lowest BCUT2D eigenvalue weighted by atomic mass is 9.96. The van der Waals surface area contributed by atoms with E-state index < -0.39 is 15.9 Å². The van der Waals surface area contributed by atoms with Gasteiger partial charge in [0.15, 0.2) is 0 Å². The quantitative estimate of drug-likeness (QED) is 0.633. The fourth-order valence-electron chi connectivity index (χ4n) is 3.99. The monoisotopic (exact) mass is 467 g/mol. The number of carbonyl (C=O) groups is 2. The third-order valence-corrected chi connectivity index (χ3v) is 7.79. The normalized spacial score (nSPS) is 14.5. The number of terminal acetylenes is 1. The maximum atomic E-state index is 13.1. The van der Waals surface area contributed by atoms with E-state index in [0.717, 1.165) is 32.1 Å². The lowest BCUT2D eigenvalue weighted by Gasteiger charge is -2.30. The van der Waals surface area contributed by atoms with Crippen LogP contribution in [0.5, 0.6) is 0 Å². The Hall–Kier alpha value is -3.15. The van der Waals surface area contributed by atoms with E-state index in [4.69, 9.17) is 6.42 Å². The largest absolute Gasteiger partial charge is 0.332 e. The van der Waals surface area contributed by atoms with Gasteiger partial charge in [-0.05, 0) is 49.2 Å². The molecule has 1 saturated carbocycles. The Morgan fingerprint density at radius 2 is 1.76 bits per heavy atom. The van der Waals surface area contributed by atoms with E-state index in [1.807, 2.05) is 0 Å². The molecule has 1 aliphatic rings. The van der Waals surface area contributed by atoms with E-state index in [-0.39, 0.29) is 29.0 Å². The molecular formula is C25H29N3O4S. The molecule has 174 valence electrons. The number of likely N-dealkylation sites (N-methyl/N-ethyl adjacent to an activating group) is 1. The van der Waals surface area contributed by atoms with Crippen LogP contribution in [0.4, 0.5) is 5.69 Å². The van der Waals surface area contributed by atoms with Gasteiger partial charge in [-0.2, -0.15) is 4.31 Å². The van der Waals surface area contributed by atoms with Crippen molar-refractivity contribution < 1.29 is 18.0 Å². The summed E-state index contributed by atoms with van der Waals surface area (Å²) in [4.78, 5) is 26.6. The molecule has 0 unspecified atom stereocenters. The molecular weight excluding hydrogens is 438 g/mol. The lowest BCUT2D eigenvalue weighted by Crippen LogP contribution is -2.38. The predicted molar refractivity (Wildman–Crippen MR) is 128 cm³/mol. The van der Waals surface area contributed by atoms with Gasteiger partial charge in [0.25, 0.3) is 5.91 Å². The highest BCUT2D eigenvalue weighted by Gasteiger charge is 2.29. The van der Waals surface area contributed by atoms with E-state index in [1.165, 1.54) is 28.4 Å². The van der Waals surface area contributed by atoms with Gasteiger partial charge in [0.05, 0.1) is 11.4 Å². The molecule has 0 bridgehead atoms. The molecule has 33 heavy (non-hydrogen) atoms. The highest BCUT2D eigenvalue weighted by atomic mass is 32.2. The van der Waals surface area contributed by atoms with Gasteiger partial charge in [-0.15, -0.1) is 6.42 Å². The highest BCUT2D eigenvalue weighted by molar-refractivity contribution is 7.89. The maximum Gasteiger partial charge on any atom is 0.254 e. The Labute approximate surface area is 195 Å². The first kappa shape index (κ1) is 24.5. The van der Waals surface area contributed by atoms with Crippen molar-refractivity contribution in [1.29, 1.82) is 0 Å². The lowest BCUT2D eigenvalue weighted by molar-refractivity contribution is -0.116. The van der Waals surface area contributed by atoms with Crippen molar-refractivity contribution in [3.63, 3.8) is 0 Å². The molecule has 0 aliphatic heterocycles. The molecule has 0 saturated heterocycles. The Morgan fingerprint density at radius 3 is 2.45 bits per heavy atom. The van der Waals surface area contributed by atoms with Gasteiger partial charge >= 0.3 is 0 Å². The van der Waals surface area contributed by atoms with E-state index >= 15 is 0 Å². The fraction of sp³-hybridized carbons (Fsp3) is 0.360. The molecule has 1 aliphatic carbocycles.